The molecule has 0 aliphatic carbocycles. The van der Waals surface area contributed by atoms with E-state index in [0.29, 0.717) is 5.39 Å². The number of para-hydroxylation sites is 2. The maximum absolute atomic E-state index is 13.4. The topological polar surface area (TPSA) is 13.1 Å². The lowest BCUT2D eigenvalue weighted by atomic mass is 9.94. The summed E-state index contributed by atoms with van der Waals surface area (Å²) in [5.41, 5.74) is 2.74. The zero-order chi connectivity index (χ0) is 29.9. The zero-order valence-corrected chi connectivity index (χ0v) is 22.2. The van der Waals surface area contributed by atoms with Gasteiger partial charge in [0.2, 0.25) is 0 Å². The fraction of sp³-hybridized carbons (Fsp3) is 0.0556. The molecule has 0 unspecified atom stereocenters. The molecular formula is C36H20F6O. The van der Waals surface area contributed by atoms with Crippen LogP contribution in [-0.4, -0.2) is 0 Å². The molecule has 6 aromatic carbocycles. The van der Waals surface area contributed by atoms with Crippen molar-refractivity contribution in [3.8, 4) is 33.4 Å². The highest BCUT2D eigenvalue weighted by Gasteiger charge is 2.37. The van der Waals surface area contributed by atoms with Crippen molar-refractivity contribution in [3.05, 3.63) is 132 Å². The van der Waals surface area contributed by atoms with E-state index in [0.717, 1.165) is 61.7 Å². The van der Waals surface area contributed by atoms with Crippen molar-refractivity contribution < 1.29 is 30.8 Å². The average molecular weight is 583 g/mol. The number of hydrogen-bond acceptors (Lipinski definition) is 1. The third kappa shape index (κ3) is 4.91. The lowest BCUT2D eigenvalue weighted by Crippen LogP contribution is -2.11. The Labute approximate surface area is 241 Å². The molecule has 0 fully saturated rings. The van der Waals surface area contributed by atoms with Crippen LogP contribution in [0, 0.1) is 0 Å². The molecular weight excluding hydrogens is 562 g/mol. The van der Waals surface area contributed by atoms with Crippen LogP contribution in [0.25, 0.3) is 66.1 Å². The summed E-state index contributed by atoms with van der Waals surface area (Å²) < 4.78 is 86.8. The van der Waals surface area contributed by atoms with Gasteiger partial charge < -0.3 is 4.42 Å². The molecule has 1 nitrogen and oxygen atoms in total. The van der Waals surface area contributed by atoms with E-state index in [4.69, 9.17) is 4.42 Å². The smallest absolute Gasteiger partial charge is 0.416 e. The number of rotatable bonds is 3. The Bertz CT molecular complexity index is 2120. The van der Waals surface area contributed by atoms with Gasteiger partial charge in [0.05, 0.1) is 11.1 Å². The lowest BCUT2D eigenvalue weighted by molar-refractivity contribution is -0.143. The van der Waals surface area contributed by atoms with Crippen molar-refractivity contribution in [2.24, 2.45) is 0 Å². The summed E-state index contributed by atoms with van der Waals surface area (Å²) in [5.74, 6) is 0. The third-order valence-electron chi connectivity index (χ3n) is 7.69. The van der Waals surface area contributed by atoms with Crippen LogP contribution in [0.2, 0.25) is 0 Å². The van der Waals surface area contributed by atoms with Crippen LogP contribution < -0.4 is 0 Å². The van der Waals surface area contributed by atoms with Gasteiger partial charge in [-0.3, -0.25) is 0 Å². The van der Waals surface area contributed by atoms with E-state index in [-0.39, 0.29) is 17.2 Å². The molecule has 7 heteroatoms. The molecule has 0 aliphatic heterocycles. The molecule has 0 saturated carbocycles. The van der Waals surface area contributed by atoms with Crippen molar-refractivity contribution in [2.75, 3.05) is 0 Å². The van der Waals surface area contributed by atoms with Gasteiger partial charge >= 0.3 is 12.4 Å². The Kier molecular flexibility index (Phi) is 6.09. The summed E-state index contributed by atoms with van der Waals surface area (Å²) in [6.45, 7) is 0. The summed E-state index contributed by atoms with van der Waals surface area (Å²) in [6.07, 6.45) is -9.83. The first-order valence-corrected chi connectivity index (χ1v) is 13.4. The Morgan fingerprint density at radius 3 is 1.63 bits per heavy atom. The molecule has 1 heterocycles. The Hall–Kier alpha value is -5.04. The summed E-state index contributed by atoms with van der Waals surface area (Å²) in [7, 11) is 0. The number of alkyl halides is 6. The molecule has 0 atom stereocenters. The standard InChI is InChI=1S/C36H20F6O/c37-35(38,39)28-18-27(19-29(20-28)36(40,41)42)25-15-11-22-10-14-24(16-26(22)17-25)21-8-12-23(13-9-21)30-5-3-6-32-31-4-1-2-7-33(31)43-34(30)32/h1-20H. The van der Waals surface area contributed by atoms with Crippen molar-refractivity contribution in [2.45, 2.75) is 12.4 Å². The first-order chi connectivity index (χ1) is 20.5. The summed E-state index contributed by atoms with van der Waals surface area (Å²) in [5, 5.41) is 3.58. The Morgan fingerprint density at radius 2 is 0.977 bits per heavy atom. The fourth-order valence-electron chi connectivity index (χ4n) is 5.54. The molecule has 0 saturated heterocycles. The minimum atomic E-state index is -4.91. The number of fused-ring (bicyclic) bond motifs is 4. The Balaban J connectivity index is 1.26. The lowest BCUT2D eigenvalue weighted by Gasteiger charge is -2.15. The minimum Gasteiger partial charge on any atom is -0.455 e. The molecule has 0 amide bonds. The molecule has 7 rings (SSSR count). The molecule has 0 N–H and O–H groups in total. The summed E-state index contributed by atoms with van der Waals surface area (Å²) in [4.78, 5) is 0. The van der Waals surface area contributed by atoms with Crippen molar-refractivity contribution in [1.82, 2.24) is 0 Å². The quantitative estimate of drug-likeness (QED) is 0.189. The Morgan fingerprint density at radius 1 is 0.419 bits per heavy atom. The molecule has 212 valence electrons. The molecule has 0 radical (unpaired) electrons. The highest BCUT2D eigenvalue weighted by Crippen LogP contribution is 2.40. The largest absolute Gasteiger partial charge is 0.455 e. The van der Waals surface area contributed by atoms with Gasteiger partial charge in [-0.1, -0.05) is 84.9 Å². The molecule has 0 bridgehead atoms. The minimum absolute atomic E-state index is 0.140. The molecule has 0 aliphatic rings. The number of halogens is 6. The van der Waals surface area contributed by atoms with Crippen LogP contribution in [-0.2, 0) is 12.4 Å². The average Bonchev–Trinajstić information content (AvgIpc) is 3.38. The second kappa shape index (κ2) is 9.76. The first-order valence-electron chi connectivity index (χ1n) is 13.4. The molecule has 43 heavy (non-hydrogen) atoms. The van der Waals surface area contributed by atoms with E-state index in [1.807, 2.05) is 84.9 Å². The number of furan rings is 1. The highest BCUT2D eigenvalue weighted by atomic mass is 19.4. The van der Waals surface area contributed by atoms with Crippen LogP contribution >= 0.6 is 0 Å². The van der Waals surface area contributed by atoms with Gasteiger partial charge in [-0.25, -0.2) is 0 Å². The van der Waals surface area contributed by atoms with E-state index in [1.165, 1.54) is 6.07 Å². The second-order valence-corrected chi connectivity index (χ2v) is 10.4. The maximum atomic E-state index is 13.4. The van der Waals surface area contributed by atoms with Crippen LogP contribution in [0.5, 0.6) is 0 Å². The van der Waals surface area contributed by atoms with Crippen LogP contribution in [0.15, 0.2) is 126 Å². The van der Waals surface area contributed by atoms with Gasteiger partial charge in [0.15, 0.2) is 0 Å². The fourth-order valence-corrected chi connectivity index (χ4v) is 5.54. The summed E-state index contributed by atoms with van der Waals surface area (Å²) >= 11 is 0. The number of hydrogen-bond donors (Lipinski definition) is 0. The first kappa shape index (κ1) is 26.8. The van der Waals surface area contributed by atoms with E-state index < -0.39 is 23.5 Å². The molecule has 1 aromatic heterocycles. The molecule has 7 aromatic rings. The predicted molar refractivity (Wildman–Crippen MR) is 158 cm³/mol. The maximum Gasteiger partial charge on any atom is 0.416 e. The van der Waals surface area contributed by atoms with Crippen LogP contribution in [0.3, 0.4) is 0 Å². The molecule has 0 spiro atoms. The van der Waals surface area contributed by atoms with Crippen LogP contribution in [0.4, 0.5) is 26.3 Å². The normalized spacial score (nSPS) is 12.4. The van der Waals surface area contributed by atoms with Gasteiger partial charge in [-0.2, -0.15) is 26.3 Å². The monoisotopic (exact) mass is 582 g/mol. The van der Waals surface area contributed by atoms with Gasteiger partial charge in [0.1, 0.15) is 11.2 Å². The van der Waals surface area contributed by atoms with E-state index in [1.54, 1.807) is 12.1 Å². The zero-order valence-electron chi connectivity index (χ0n) is 22.2. The van der Waals surface area contributed by atoms with E-state index >= 15 is 0 Å². The van der Waals surface area contributed by atoms with Gasteiger partial charge in [-0.15, -0.1) is 0 Å². The van der Waals surface area contributed by atoms with Crippen molar-refractivity contribution in [3.63, 3.8) is 0 Å². The summed E-state index contributed by atoms with van der Waals surface area (Å²) in [6, 6.07) is 34.1. The van der Waals surface area contributed by atoms with Gasteiger partial charge in [0, 0.05) is 16.3 Å². The van der Waals surface area contributed by atoms with E-state index in [2.05, 4.69) is 0 Å². The van der Waals surface area contributed by atoms with Crippen molar-refractivity contribution in [1.29, 1.82) is 0 Å². The van der Waals surface area contributed by atoms with Crippen LogP contribution in [0.1, 0.15) is 11.1 Å². The third-order valence-corrected chi connectivity index (χ3v) is 7.69. The predicted octanol–water partition coefficient (Wildman–Crippen LogP) is 11.8. The van der Waals surface area contributed by atoms with E-state index in [9.17, 15) is 26.3 Å². The van der Waals surface area contributed by atoms with Gasteiger partial charge in [-0.05, 0) is 75.0 Å². The number of benzene rings is 6. The SMILES string of the molecule is FC(F)(F)c1cc(-c2ccc3ccc(-c4ccc(-c5cccc6c5oc5ccccc56)cc4)cc3c2)cc(C(F)(F)F)c1. The van der Waals surface area contributed by atoms with Gasteiger partial charge in [0.25, 0.3) is 0 Å². The van der Waals surface area contributed by atoms with Crippen molar-refractivity contribution >= 4 is 32.7 Å². The second-order valence-electron chi connectivity index (χ2n) is 10.4. The highest BCUT2D eigenvalue weighted by molar-refractivity contribution is 6.09.